The molecule has 25 heavy (non-hydrogen) atoms. The predicted molar refractivity (Wildman–Crippen MR) is 106 cm³/mol. The second-order valence-electron chi connectivity index (χ2n) is 5.20. The fourth-order valence-corrected chi connectivity index (χ4v) is 2.63. The molecule has 0 bridgehead atoms. The number of halogens is 3. The molecule has 0 radical (unpaired) electrons. The van der Waals surface area contributed by atoms with Gasteiger partial charge in [-0.05, 0) is 30.3 Å². The van der Waals surface area contributed by atoms with Crippen LogP contribution in [0.5, 0.6) is 0 Å². The Morgan fingerprint density at radius 2 is 1.92 bits per heavy atom. The van der Waals surface area contributed by atoms with Crippen LogP contribution < -0.4 is 16.0 Å². The molecule has 3 N–H and O–H groups in total. The first-order valence-electron chi connectivity index (χ1n) is 7.28. The van der Waals surface area contributed by atoms with Crippen molar-refractivity contribution < 1.29 is 9.53 Å². The molecule has 2 aromatic rings. The van der Waals surface area contributed by atoms with Gasteiger partial charge in [0.25, 0.3) is 5.91 Å². The van der Waals surface area contributed by atoms with Gasteiger partial charge in [-0.3, -0.25) is 4.79 Å². The summed E-state index contributed by atoms with van der Waals surface area (Å²) in [5.74, 6) is 0.577. The molecule has 1 saturated heterocycles. The maximum atomic E-state index is 12.2. The topological polar surface area (TPSA) is 80.5 Å². The average molecular weight is 406 g/mol. The van der Waals surface area contributed by atoms with Gasteiger partial charge in [0, 0.05) is 18.8 Å². The average Bonchev–Trinajstić information content (AvgIpc) is 2.56. The van der Waals surface area contributed by atoms with E-state index in [0.29, 0.717) is 35.2 Å². The molecule has 136 valence electrons. The van der Waals surface area contributed by atoms with Crippen molar-refractivity contribution >= 4 is 59.5 Å². The molecule has 6 nitrogen and oxygen atoms in total. The number of nitrogens with one attached hydrogen (secondary N) is 1. The van der Waals surface area contributed by atoms with E-state index in [1.54, 1.807) is 24.4 Å². The van der Waals surface area contributed by atoms with Crippen molar-refractivity contribution in [3.8, 4) is 0 Å². The second kappa shape index (κ2) is 9.68. The minimum atomic E-state index is -0.295. The zero-order chi connectivity index (χ0) is 16.2. The Morgan fingerprint density at radius 3 is 2.52 bits per heavy atom. The van der Waals surface area contributed by atoms with Crippen molar-refractivity contribution in [1.82, 2.24) is 4.98 Å². The number of nitrogen functional groups attached to an aromatic ring is 1. The molecule has 0 atom stereocenters. The van der Waals surface area contributed by atoms with E-state index in [1.807, 2.05) is 12.1 Å². The van der Waals surface area contributed by atoms with Crippen molar-refractivity contribution in [2.75, 3.05) is 42.3 Å². The molecule has 0 spiro atoms. The van der Waals surface area contributed by atoms with Crippen LogP contribution in [-0.4, -0.2) is 37.2 Å². The van der Waals surface area contributed by atoms with E-state index in [0.717, 1.165) is 18.9 Å². The van der Waals surface area contributed by atoms with Crippen LogP contribution in [0.25, 0.3) is 0 Å². The van der Waals surface area contributed by atoms with Crippen LogP contribution in [0.2, 0.25) is 5.02 Å². The lowest BCUT2D eigenvalue weighted by molar-refractivity contribution is 0.102. The minimum Gasteiger partial charge on any atom is -0.399 e. The number of carbonyl (C=O) groups excluding carboxylic acids is 1. The number of amides is 1. The van der Waals surface area contributed by atoms with E-state index in [4.69, 9.17) is 22.1 Å². The van der Waals surface area contributed by atoms with Crippen LogP contribution in [0.3, 0.4) is 0 Å². The number of benzene rings is 1. The zero-order valence-electron chi connectivity index (χ0n) is 13.3. The summed E-state index contributed by atoms with van der Waals surface area (Å²) in [6, 6.07) is 8.49. The highest BCUT2D eigenvalue weighted by atomic mass is 35.5. The summed E-state index contributed by atoms with van der Waals surface area (Å²) in [5.41, 5.74) is 7.13. The molecule has 0 unspecified atom stereocenters. The number of rotatable bonds is 3. The summed E-state index contributed by atoms with van der Waals surface area (Å²) in [6.07, 6.45) is 1.63. The van der Waals surface area contributed by atoms with Gasteiger partial charge in [0.15, 0.2) is 0 Å². The van der Waals surface area contributed by atoms with Crippen molar-refractivity contribution in [1.29, 1.82) is 0 Å². The summed E-state index contributed by atoms with van der Waals surface area (Å²) in [4.78, 5) is 18.8. The van der Waals surface area contributed by atoms with Crippen molar-refractivity contribution in [3.05, 3.63) is 47.1 Å². The predicted octanol–water partition coefficient (Wildman–Crippen LogP) is 3.25. The van der Waals surface area contributed by atoms with Crippen LogP contribution in [0.4, 0.5) is 17.2 Å². The van der Waals surface area contributed by atoms with Gasteiger partial charge in [-0.1, -0.05) is 11.6 Å². The van der Waals surface area contributed by atoms with Crippen LogP contribution in [0.15, 0.2) is 36.5 Å². The number of nitrogens with zero attached hydrogens (tertiary/aromatic N) is 2. The van der Waals surface area contributed by atoms with Crippen molar-refractivity contribution in [2.24, 2.45) is 0 Å². The van der Waals surface area contributed by atoms with E-state index in [2.05, 4.69) is 15.2 Å². The number of anilines is 3. The molecule has 0 saturated carbocycles. The number of aromatic nitrogens is 1. The Labute approximate surface area is 163 Å². The van der Waals surface area contributed by atoms with Crippen LogP contribution in [0.1, 0.15) is 10.4 Å². The molecule has 2 heterocycles. The third-order valence-corrected chi connectivity index (χ3v) is 3.89. The summed E-state index contributed by atoms with van der Waals surface area (Å²) >= 11 is 6.04. The zero-order valence-corrected chi connectivity index (χ0v) is 15.7. The largest absolute Gasteiger partial charge is 0.399 e. The molecule has 1 aliphatic rings. The highest BCUT2D eigenvalue weighted by Gasteiger charge is 2.14. The van der Waals surface area contributed by atoms with Gasteiger partial charge < -0.3 is 20.7 Å². The van der Waals surface area contributed by atoms with Crippen LogP contribution in [-0.2, 0) is 4.74 Å². The number of morpholine rings is 1. The number of ether oxygens (including phenoxy) is 1. The fraction of sp³-hybridized carbons (Fsp3) is 0.250. The van der Waals surface area contributed by atoms with E-state index < -0.39 is 0 Å². The highest BCUT2D eigenvalue weighted by Crippen LogP contribution is 2.21. The van der Waals surface area contributed by atoms with E-state index in [1.165, 1.54) is 0 Å². The molecule has 1 aromatic carbocycles. The van der Waals surface area contributed by atoms with Crippen molar-refractivity contribution in [3.63, 3.8) is 0 Å². The monoisotopic (exact) mass is 404 g/mol. The Morgan fingerprint density at radius 1 is 1.20 bits per heavy atom. The standard InChI is InChI=1S/C16H17ClN4O2.2ClH/c17-14-9-11(18)1-3-13(14)16(22)20-12-2-4-15(19-10-12)21-5-7-23-8-6-21;;/h1-4,9-10H,5-8,18H2,(H,20,22);2*1H. The Balaban J connectivity index is 0.00000156. The molecule has 1 aromatic heterocycles. The second-order valence-corrected chi connectivity index (χ2v) is 5.61. The van der Waals surface area contributed by atoms with Crippen molar-refractivity contribution in [2.45, 2.75) is 0 Å². The Bertz CT molecular complexity index is 707. The van der Waals surface area contributed by atoms with Gasteiger partial charge in [-0.15, -0.1) is 24.8 Å². The van der Waals surface area contributed by atoms with Gasteiger partial charge in [-0.2, -0.15) is 0 Å². The lowest BCUT2D eigenvalue weighted by Gasteiger charge is -2.27. The number of pyridine rings is 1. The third-order valence-electron chi connectivity index (χ3n) is 3.58. The number of nitrogens with two attached hydrogens (primary N) is 1. The SMILES string of the molecule is Cl.Cl.Nc1ccc(C(=O)Nc2ccc(N3CCOCC3)nc2)c(Cl)c1. The van der Waals surface area contributed by atoms with E-state index in [9.17, 15) is 4.79 Å². The molecular formula is C16H19Cl3N4O2. The summed E-state index contributed by atoms with van der Waals surface area (Å²) < 4.78 is 5.32. The summed E-state index contributed by atoms with van der Waals surface area (Å²) in [7, 11) is 0. The first kappa shape index (κ1) is 21.3. The molecular weight excluding hydrogens is 387 g/mol. The minimum absolute atomic E-state index is 0. The molecule has 9 heteroatoms. The van der Waals surface area contributed by atoms with E-state index >= 15 is 0 Å². The molecule has 1 fully saturated rings. The number of hydrogen-bond acceptors (Lipinski definition) is 5. The molecule has 3 rings (SSSR count). The fourth-order valence-electron chi connectivity index (χ4n) is 2.35. The van der Waals surface area contributed by atoms with E-state index in [-0.39, 0.29) is 30.7 Å². The third kappa shape index (κ3) is 5.37. The molecule has 1 aliphatic heterocycles. The van der Waals surface area contributed by atoms with Gasteiger partial charge in [-0.25, -0.2) is 4.98 Å². The maximum Gasteiger partial charge on any atom is 0.257 e. The first-order valence-corrected chi connectivity index (χ1v) is 7.66. The van der Waals surface area contributed by atoms with Gasteiger partial charge >= 0.3 is 0 Å². The molecule has 1 amide bonds. The van der Waals surface area contributed by atoms with Gasteiger partial charge in [0.05, 0.1) is 35.7 Å². The smallest absolute Gasteiger partial charge is 0.257 e. The number of hydrogen-bond donors (Lipinski definition) is 2. The maximum absolute atomic E-state index is 12.2. The first-order chi connectivity index (χ1) is 11.1. The Kier molecular flexibility index (Phi) is 8.25. The summed E-state index contributed by atoms with van der Waals surface area (Å²) in [5, 5.41) is 3.10. The quantitative estimate of drug-likeness (QED) is 0.766. The molecule has 0 aliphatic carbocycles. The van der Waals surface area contributed by atoms with Crippen LogP contribution in [0, 0.1) is 0 Å². The normalized spacial score (nSPS) is 13.4. The van der Waals surface area contributed by atoms with Crippen LogP contribution >= 0.6 is 36.4 Å². The number of carbonyl (C=O) groups is 1. The summed E-state index contributed by atoms with van der Waals surface area (Å²) in [6.45, 7) is 3.05. The van der Waals surface area contributed by atoms with Gasteiger partial charge in [0.2, 0.25) is 0 Å². The highest BCUT2D eigenvalue weighted by molar-refractivity contribution is 6.34. The lowest BCUT2D eigenvalue weighted by Crippen LogP contribution is -2.36. The lowest BCUT2D eigenvalue weighted by atomic mass is 10.2. The van der Waals surface area contributed by atoms with Gasteiger partial charge in [0.1, 0.15) is 5.82 Å². The Hall–Kier alpha value is -1.73.